The van der Waals surface area contributed by atoms with Gasteiger partial charge in [0.25, 0.3) is 5.91 Å². The van der Waals surface area contributed by atoms with Crippen LogP contribution in [0.2, 0.25) is 0 Å². The van der Waals surface area contributed by atoms with Crippen LogP contribution in [0.1, 0.15) is 28.9 Å². The van der Waals surface area contributed by atoms with Gasteiger partial charge in [0.15, 0.2) is 0 Å². The van der Waals surface area contributed by atoms with E-state index in [4.69, 9.17) is 4.74 Å². The fourth-order valence-corrected chi connectivity index (χ4v) is 6.07. The number of aryl methyl sites for hydroxylation is 1. The molecular weight excluding hydrogens is 452 g/mol. The lowest BCUT2D eigenvalue weighted by molar-refractivity contribution is 0.0730. The number of hydrogen-bond acceptors (Lipinski definition) is 6. The number of carbonyl (C=O) groups is 1. The molecule has 2 aliphatic heterocycles. The smallest absolute Gasteiger partial charge is 0.256 e. The van der Waals surface area contributed by atoms with Gasteiger partial charge >= 0.3 is 0 Å². The van der Waals surface area contributed by atoms with Crippen LogP contribution in [0.15, 0.2) is 53.4 Å². The van der Waals surface area contributed by atoms with E-state index in [1.165, 1.54) is 4.31 Å². The topological polar surface area (TPSA) is 91.8 Å². The molecule has 9 heteroatoms. The van der Waals surface area contributed by atoms with E-state index in [1.54, 1.807) is 18.2 Å². The molecule has 34 heavy (non-hydrogen) atoms. The molecule has 3 heterocycles. The third-order valence-electron chi connectivity index (χ3n) is 6.36. The Hall–Kier alpha value is -3.01. The summed E-state index contributed by atoms with van der Waals surface area (Å²) in [6, 6.07) is 14.3. The number of fused-ring (bicyclic) bond motifs is 1. The van der Waals surface area contributed by atoms with E-state index in [0.717, 1.165) is 48.2 Å². The maximum Gasteiger partial charge on any atom is 0.256 e. The van der Waals surface area contributed by atoms with Crippen LogP contribution in [0.3, 0.4) is 0 Å². The Balaban J connectivity index is 1.54. The lowest BCUT2D eigenvalue weighted by Gasteiger charge is -2.27. The highest BCUT2D eigenvalue weighted by Gasteiger charge is 2.28. The van der Waals surface area contributed by atoms with Crippen molar-refractivity contribution in [2.24, 2.45) is 0 Å². The molecule has 0 unspecified atom stereocenters. The van der Waals surface area contributed by atoms with Crippen LogP contribution in [-0.4, -0.2) is 63.0 Å². The summed E-state index contributed by atoms with van der Waals surface area (Å²) in [4.78, 5) is 20.4. The van der Waals surface area contributed by atoms with Crippen molar-refractivity contribution in [1.82, 2.24) is 9.29 Å². The Bertz CT molecular complexity index is 1330. The van der Waals surface area contributed by atoms with E-state index >= 15 is 0 Å². The van der Waals surface area contributed by atoms with E-state index in [1.807, 2.05) is 37.3 Å². The minimum atomic E-state index is -3.69. The van der Waals surface area contributed by atoms with Crippen LogP contribution in [0.4, 0.5) is 11.4 Å². The first-order valence-corrected chi connectivity index (χ1v) is 13.0. The molecule has 8 nitrogen and oxygen atoms in total. The zero-order chi connectivity index (χ0) is 23.7. The number of pyridine rings is 1. The van der Waals surface area contributed by atoms with Crippen LogP contribution in [-0.2, 0) is 14.8 Å². The van der Waals surface area contributed by atoms with Gasteiger partial charge in [0, 0.05) is 37.3 Å². The Labute approximate surface area is 199 Å². The SMILES string of the molecule is Cc1cc(C(=O)Nc2cc(S(=O)(=O)N3CCOCC3)ccc2N2CCCC2)c2ccccc2n1. The number of morpholine rings is 1. The molecule has 2 aromatic carbocycles. The molecule has 0 radical (unpaired) electrons. The van der Waals surface area contributed by atoms with Gasteiger partial charge in [-0.25, -0.2) is 8.42 Å². The lowest BCUT2D eigenvalue weighted by atomic mass is 10.1. The number of amides is 1. The van der Waals surface area contributed by atoms with Crippen molar-refractivity contribution in [2.75, 3.05) is 49.6 Å². The second-order valence-electron chi connectivity index (χ2n) is 8.67. The molecule has 0 atom stereocenters. The monoisotopic (exact) mass is 480 g/mol. The molecule has 0 aliphatic carbocycles. The number of carbonyl (C=O) groups excluding carboxylic acids is 1. The summed E-state index contributed by atoms with van der Waals surface area (Å²) in [7, 11) is -3.69. The highest BCUT2D eigenvalue weighted by atomic mass is 32.2. The summed E-state index contributed by atoms with van der Waals surface area (Å²) in [6.07, 6.45) is 2.13. The maximum absolute atomic E-state index is 13.5. The molecule has 0 spiro atoms. The Morgan fingerprint density at radius 2 is 1.74 bits per heavy atom. The number of aromatic nitrogens is 1. The van der Waals surface area contributed by atoms with Crippen molar-refractivity contribution >= 4 is 38.2 Å². The normalized spacial score (nSPS) is 17.3. The summed E-state index contributed by atoms with van der Waals surface area (Å²) < 4.78 is 33.3. The second-order valence-corrected chi connectivity index (χ2v) is 10.6. The van der Waals surface area contributed by atoms with Gasteiger partial charge in [-0.15, -0.1) is 0 Å². The number of ether oxygens (including phenoxy) is 1. The molecule has 0 saturated carbocycles. The maximum atomic E-state index is 13.5. The van der Waals surface area contributed by atoms with Crippen LogP contribution in [0, 0.1) is 6.92 Å². The predicted octanol–water partition coefficient (Wildman–Crippen LogP) is 3.42. The first kappa shape index (κ1) is 22.8. The number of anilines is 2. The molecule has 3 aromatic rings. The highest BCUT2D eigenvalue weighted by Crippen LogP contribution is 2.33. The van der Waals surface area contributed by atoms with E-state index in [-0.39, 0.29) is 10.8 Å². The fourth-order valence-electron chi connectivity index (χ4n) is 4.63. The Morgan fingerprint density at radius 3 is 2.50 bits per heavy atom. The van der Waals surface area contributed by atoms with Gasteiger partial charge in [-0.05, 0) is 50.1 Å². The van der Waals surface area contributed by atoms with Gasteiger partial charge in [0.2, 0.25) is 10.0 Å². The minimum absolute atomic E-state index is 0.170. The van der Waals surface area contributed by atoms with E-state index in [2.05, 4.69) is 15.2 Å². The summed E-state index contributed by atoms with van der Waals surface area (Å²) in [5.74, 6) is -0.289. The molecule has 2 saturated heterocycles. The van der Waals surface area contributed by atoms with Gasteiger partial charge in [-0.1, -0.05) is 18.2 Å². The van der Waals surface area contributed by atoms with Crippen molar-refractivity contribution in [3.05, 3.63) is 59.8 Å². The zero-order valence-corrected chi connectivity index (χ0v) is 20.0. The van der Waals surface area contributed by atoms with Crippen molar-refractivity contribution in [2.45, 2.75) is 24.7 Å². The fraction of sp³-hybridized carbons (Fsp3) is 0.360. The molecular formula is C25H28N4O4S. The van der Waals surface area contributed by atoms with E-state index in [0.29, 0.717) is 37.6 Å². The number of hydrogen-bond donors (Lipinski definition) is 1. The second kappa shape index (κ2) is 9.32. The summed E-state index contributed by atoms with van der Waals surface area (Å²) in [6.45, 7) is 4.99. The van der Waals surface area contributed by atoms with Crippen molar-refractivity contribution < 1.29 is 17.9 Å². The molecule has 0 bridgehead atoms. The van der Waals surface area contributed by atoms with Crippen molar-refractivity contribution in [1.29, 1.82) is 0 Å². The molecule has 178 valence electrons. The van der Waals surface area contributed by atoms with Gasteiger partial charge in [0.05, 0.1) is 40.6 Å². The molecule has 1 amide bonds. The predicted molar refractivity (Wildman–Crippen MR) is 132 cm³/mol. The summed E-state index contributed by atoms with van der Waals surface area (Å²) in [5, 5.41) is 3.78. The molecule has 2 fully saturated rings. The Morgan fingerprint density at radius 1 is 1.00 bits per heavy atom. The van der Waals surface area contributed by atoms with Crippen LogP contribution in [0.5, 0.6) is 0 Å². The summed E-state index contributed by atoms with van der Waals surface area (Å²) in [5.41, 5.74) is 3.34. The molecule has 2 aliphatic rings. The minimum Gasteiger partial charge on any atom is -0.379 e. The van der Waals surface area contributed by atoms with Gasteiger partial charge in [-0.3, -0.25) is 9.78 Å². The standard InChI is InChI=1S/C25H28N4O4S/c1-18-16-21(20-6-2-3-7-22(20)26-18)25(30)27-23-17-19(8-9-24(23)28-10-4-5-11-28)34(31,32)29-12-14-33-15-13-29/h2-3,6-9,16-17H,4-5,10-15H2,1H3,(H,27,30). The molecule has 5 rings (SSSR count). The van der Waals surface area contributed by atoms with Gasteiger partial charge < -0.3 is 15.0 Å². The highest BCUT2D eigenvalue weighted by molar-refractivity contribution is 7.89. The number of nitrogens with zero attached hydrogens (tertiary/aromatic N) is 3. The zero-order valence-electron chi connectivity index (χ0n) is 19.2. The average molecular weight is 481 g/mol. The quantitative estimate of drug-likeness (QED) is 0.602. The number of para-hydroxylation sites is 1. The third-order valence-corrected chi connectivity index (χ3v) is 8.25. The lowest BCUT2D eigenvalue weighted by Crippen LogP contribution is -2.40. The average Bonchev–Trinajstić information content (AvgIpc) is 3.38. The van der Waals surface area contributed by atoms with Crippen LogP contribution in [0.25, 0.3) is 10.9 Å². The summed E-state index contributed by atoms with van der Waals surface area (Å²) >= 11 is 0. The van der Waals surface area contributed by atoms with Gasteiger partial charge in [0.1, 0.15) is 0 Å². The van der Waals surface area contributed by atoms with Crippen LogP contribution >= 0.6 is 0 Å². The first-order valence-electron chi connectivity index (χ1n) is 11.6. The number of nitrogens with one attached hydrogen (secondary N) is 1. The molecule has 1 aromatic heterocycles. The molecule has 1 N–H and O–H groups in total. The number of sulfonamides is 1. The van der Waals surface area contributed by atoms with Gasteiger partial charge in [-0.2, -0.15) is 4.31 Å². The van der Waals surface area contributed by atoms with Crippen LogP contribution < -0.4 is 10.2 Å². The van der Waals surface area contributed by atoms with Crippen molar-refractivity contribution in [3.8, 4) is 0 Å². The Kier molecular flexibility index (Phi) is 6.24. The third kappa shape index (κ3) is 4.38. The van der Waals surface area contributed by atoms with E-state index < -0.39 is 10.0 Å². The first-order chi connectivity index (χ1) is 16.4. The largest absolute Gasteiger partial charge is 0.379 e. The van der Waals surface area contributed by atoms with E-state index in [9.17, 15) is 13.2 Å². The number of benzene rings is 2. The number of rotatable bonds is 5. The van der Waals surface area contributed by atoms with Crippen molar-refractivity contribution in [3.63, 3.8) is 0 Å².